The summed E-state index contributed by atoms with van der Waals surface area (Å²) in [5, 5.41) is 0. The minimum absolute atomic E-state index is 0.117. The van der Waals surface area contributed by atoms with Crippen molar-refractivity contribution in [3.63, 3.8) is 0 Å². The summed E-state index contributed by atoms with van der Waals surface area (Å²) in [6.45, 7) is 7.10. The molecular formula is C20H28O4. The molecule has 1 aromatic rings. The summed E-state index contributed by atoms with van der Waals surface area (Å²) < 4.78 is 17.2. The van der Waals surface area contributed by atoms with Crippen LogP contribution >= 0.6 is 0 Å². The Balaban J connectivity index is 1.52. The molecule has 4 heteroatoms. The first-order valence-corrected chi connectivity index (χ1v) is 8.93. The van der Waals surface area contributed by atoms with E-state index in [1.54, 1.807) is 0 Å². The second-order valence-corrected chi connectivity index (χ2v) is 7.84. The first kappa shape index (κ1) is 17.4. The van der Waals surface area contributed by atoms with E-state index in [1.165, 1.54) is 12.8 Å². The summed E-state index contributed by atoms with van der Waals surface area (Å²) in [5.74, 6) is -0.117. The maximum absolute atomic E-state index is 12.7. The van der Waals surface area contributed by atoms with Crippen molar-refractivity contribution in [3.8, 4) is 0 Å². The van der Waals surface area contributed by atoms with Crippen molar-refractivity contribution in [1.29, 1.82) is 0 Å². The van der Waals surface area contributed by atoms with Gasteiger partial charge in [-0.2, -0.15) is 0 Å². The lowest BCUT2D eigenvalue weighted by molar-refractivity contribution is -0.233. The van der Waals surface area contributed by atoms with Crippen molar-refractivity contribution < 1.29 is 19.0 Å². The molecule has 0 N–H and O–H groups in total. The van der Waals surface area contributed by atoms with E-state index in [1.807, 2.05) is 37.3 Å². The molecule has 1 aliphatic carbocycles. The van der Waals surface area contributed by atoms with Crippen LogP contribution in [0.15, 0.2) is 30.3 Å². The summed E-state index contributed by atoms with van der Waals surface area (Å²) in [5.41, 5.74) is 0.894. The van der Waals surface area contributed by atoms with Gasteiger partial charge in [0.15, 0.2) is 6.29 Å². The Morgan fingerprint density at radius 1 is 1.25 bits per heavy atom. The van der Waals surface area contributed by atoms with Crippen LogP contribution in [0.3, 0.4) is 0 Å². The molecule has 1 aromatic carbocycles. The standard InChI is InChI=1S/C20H28O4/c1-4-20(3,14-19(2)10-11-19)18(21)24-16-12-22-17(23-13-16)15-8-6-5-7-9-15/h5-9,16-17H,4,10-14H2,1-3H3. The van der Waals surface area contributed by atoms with E-state index in [2.05, 4.69) is 13.8 Å². The Morgan fingerprint density at radius 3 is 2.42 bits per heavy atom. The van der Waals surface area contributed by atoms with Crippen LogP contribution in [0.2, 0.25) is 0 Å². The molecule has 132 valence electrons. The second kappa shape index (κ2) is 6.85. The van der Waals surface area contributed by atoms with E-state index in [0.717, 1.165) is 18.4 Å². The quantitative estimate of drug-likeness (QED) is 0.731. The van der Waals surface area contributed by atoms with Crippen LogP contribution in [0, 0.1) is 10.8 Å². The zero-order chi connectivity index (χ0) is 17.2. The van der Waals surface area contributed by atoms with Gasteiger partial charge in [0.2, 0.25) is 0 Å². The van der Waals surface area contributed by atoms with E-state index in [0.29, 0.717) is 18.6 Å². The molecule has 24 heavy (non-hydrogen) atoms. The maximum Gasteiger partial charge on any atom is 0.312 e. The van der Waals surface area contributed by atoms with Gasteiger partial charge in [0.25, 0.3) is 0 Å². The zero-order valence-electron chi connectivity index (χ0n) is 14.9. The van der Waals surface area contributed by atoms with Crippen LogP contribution in [0.5, 0.6) is 0 Å². The fourth-order valence-electron chi connectivity index (χ4n) is 3.32. The van der Waals surface area contributed by atoms with Gasteiger partial charge in [0, 0.05) is 5.56 Å². The first-order valence-electron chi connectivity index (χ1n) is 8.93. The highest BCUT2D eigenvalue weighted by molar-refractivity contribution is 5.76. The fourth-order valence-corrected chi connectivity index (χ4v) is 3.32. The molecule has 0 bridgehead atoms. The first-order chi connectivity index (χ1) is 11.4. The Morgan fingerprint density at radius 2 is 1.88 bits per heavy atom. The van der Waals surface area contributed by atoms with Crippen LogP contribution in [-0.4, -0.2) is 25.3 Å². The molecule has 1 saturated heterocycles. The van der Waals surface area contributed by atoms with Crippen molar-refractivity contribution in [2.45, 2.75) is 58.8 Å². The lowest BCUT2D eigenvalue weighted by Crippen LogP contribution is -2.40. The van der Waals surface area contributed by atoms with Gasteiger partial charge in [0.05, 0.1) is 18.6 Å². The van der Waals surface area contributed by atoms with Gasteiger partial charge in [-0.15, -0.1) is 0 Å². The Hall–Kier alpha value is -1.39. The summed E-state index contributed by atoms with van der Waals surface area (Å²) >= 11 is 0. The van der Waals surface area contributed by atoms with Gasteiger partial charge < -0.3 is 14.2 Å². The third kappa shape index (κ3) is 3.98. The van der Waals surface area contributed by atoms with E-state index < -0.39 is 5.41 Å². The van der Waals surface area contributed by atoms with Crippen molar-refractivity contribution in [1.82, 2.24) is 0 Å². The molecule has 1 unspecified atom stereocenters. The minimum atomic E-state index is -0.415. The van der Waals surface area contributed by atoms with Crippen LogP contribution in [-0.2, 0) is 19.0 Å². The minimum Gasteiger partial charge on any atom is -0.457 e. The van der Waals surface area contributed by atoms with Gasteiger partial charge >= 0.3 is 5.97 Å². The molecule has 1 aliphatic heterocycles. The van der Waals surface area contributed by atoms with E-state index in [9.17, 15) is 4.79 Å². The largest absolute Gasteiger partial charge is 0.457 e. The number of ether oxygens (including phenoxy) is 3. The average molecular weight is 332 g/mol. The third-order valence-electron chi connectivity index (χ3n) is 5.41. The summed E-state index contributed by atoms with van der Waals surface area (Å²) in [6, 6.07) is 9.82. The molecule has 2 aliphatic rings. The third-order valence-corrected chi connectivity index (χ3v) is 5.41. The smallest absolute Gasteiger partial charge is 0.312 e. The number of hydrogen-bond donors (Lipinski definition) is 0. The Labute approximate surface area is 144 Å². The molecule has 0 spiro atoms. The molecule has 0 aromatic heterocycles. The van der Waals surface area contributed by atoms with Crippen LogP contribution < -0.4 is 0 Å². The number of benzene rings is 1. The number of esters is 1. The summed E-state index contributed by atoms with van der Waals surface area (Å²) in [7, 11) is 0. The van der Waals surface area contributed by atoms with Crippen molar-refractivity contribution in [2.75, 3.05) is 13.2 Å². The number of carbonyl (C=O) groups excluding carboxylic acids is 1. The van der Waals surface area contributed by atoms with Gasteiger partial charge in [-0.25, -0.2) is 0 Å². The molecule has 0 radical (unpaired) electrons. The SMILES string of the molecule is CCC(C)(CC1(C)CC1)C(=O)OC1COC(c2ccccc2)OC1. The zero-order valence-corrected chi connectivity index (χ0v) is 14.9. The topological polar surface area (TPSA) is 44.8 Å². The highest BCUT2D eigenvalue weighted by Gasteiger charge is 2.47. The lowest BCUT2D eigenvalue weighted by atomic mass is 9.78. The molecule has 3 rings (SSSR count). The number of carbonyl (C=O) groups is 1. The van der Waals surface area contributed by atoms with Gasteiger partial charge in [-0.3, -0.25) is 4.79 Å². The molecule has 1 saturated carbocycles. The Kier molecular flexibility index (Phi) is 4.97. The number of rotatable bonds is 6. The molecule has 1 atom stereocenters. The summed E-state index contributed by atoms with van der Waals surface area (Å²) in [6.07, 6.45) is 3.42. The maximum atomic E-state index is 12.7. The monoisotopic (exact) mass is 332 g/mol. The predicted molar refractivity (Wildman–Crippen MR) is 91.3 cm³/mol. The van der Waals surface area contributed by atoms with Crippen LogP contribution in [0.25, 0.3) is 0 Å². The van der Waals surface area contributed by atoms with E-state index >= 15 is 0 Å². The fraction of sp³-hybridized carbons (Fsp3) is 0.650. The van der Waals surface area contributed by atoms with Gasteiger partial charge in [0.1, 0.15) is 6.10 Å². The second-order valence-electron chi connectivity index (χ2n) is 7.84. The van der Waals surface area contributed by atoms with Gasteiger partial charge in [-0.1, -0.05) is 44.2 Å². The highest BCUT2D eigenvalue weighted by atomic mass is 16.7. The number of hydrogen-bond acceptors (Lipinski definition) is 4. The lowest BCUT2D eigenvalue weighted by Gasteiger charge is -2.34. The van der Waals surface area contributed by atoms with Crippen molar-refractivity contribution >= 4 is 5.97 Å². The molecule has 4 nitrogen and oxygen atoms in total. The molecular weight excluding hydrogens is 304 g/mol. The highest BCUT2D eigenvalue weighted by Crippen LogP contribution is 2.54. The molecule has 2 fully saturated rings. The average Bonchev–Trinajstić information content (AvgIpc) is 3.32. The predicted octanol–water partition coefficient (Wildman–Crippen LogP) is 4.25. The molecule has 0 amide bonds. The summed E-state index contributed by atoms with van der Waals surface area (Å²) in [4.78, 5) is 12.7. The molecule has 1 heterocycles. The van der Waals surface area contributed by atoms with Crippen LogP contribution in [0.1, 0.15) is 58.3 Å². The van der Waals surface area contributed by atoms with Crippen LogP contribution in [0.4, 0.5) is 0 Å². The van der Waals surface area contributed by atoms with Gasteiger partial charge in [-0.05, 0) is 38.0 Å². The normalized spacial score (nSPS) is 28.0. The van der Waals surface area contributed by atoms with Crippen molar-refractivity contribution in [2.24, 2.45) is 10.8 Å². The van der Waals surface area contributed by atoms with Crippen molar-refractivity contribution in [3.05, 3.63) is 35.9 Å². The van der Waals surface area contributed by atoms with E-state index in [4.69, 9.17) is 14.2 Å². The Bertz CT molecular complexity index is 558. The van der Waals surface area contributed by atoms with E-state index in [-0.39, 0.29) is 18.4 Å².